The van der Waals surface area contributed by atoms with Gasteiger partial charge in [-0.05, 0) is 51.1 Å². The Kier molecular flexibility index (Phi) is 5.87. The molecule has 2 rings (SSSR count). The zero-order valence-corrected chi connectivity index (χ0v) is 12.3. The van der Waals surface area contributed by atoms with Crippen LogP contribution in [-0.4, -0.2) is 25.3 Å². The predicted octanol–water partition coefficient (Wildman–Crippen LogP) is 3.47. The number of rotatable bonds is 6. The van der Waals surface area contributed by atoms with Crippen molar-refractivity contribution in [2.45, 2.75) is 58.1 Å². The third-order valence-electron chi connectivity index (χ3n) is 3.86. The Hall–Kier alpha value is -0.860. The van der Waals surface area contributed by atoms with Crippen molar-refractivity contribution in [1.29, 1.82) is 0 Å². The molecule has 1 aliphatic heterocycles. The molecule has 1 saturated heterocycles. The lowest BCUT2D eigenvalue weighted by Crippen LogP contribution is -2.44. The van der Waals surface area contributed by atoms with Gasteiger partial charge in [0.2, 0.25) is 0 Å². The highest BCUT2D eigenvalue weighted by Gasteiger charge is 2.24. The first-order valence-corrected chi connectivity index (χ1v) is 7.70. The Morgan fingerprint density at radius 1 is 1.37 bits per heavy atom. The van der Waals surface area contributed by atoms with Crippen molar-refractivity contribution >= 4 is 0 Å². The summed E-state index contributed by atoms with van der Waals surface area (Å²) in [4.78, 5) is 0. The van der Waals surface area contributed by atoms with Gasteiger partial charge in [-0.3, -0.25) is 0 Å². The Balaban J connectivity index is 1.99. The minimum absolute atomic E-state index is 0.390. The molecule has 2 nitrogen and oxygen atoms in total. The van der Waals surface area contributed by atoms with Gasteiger partial charge in [0.05, 0.1) is 6.10 Å². The van der Waals surface area contributed by atoms with Crippen molar-refractivity contribution in [3.8, 4) is 0 Å². The summed E-state index contributed by atoms with van der Waals surface area (Å²) in [6.45, 7) is 6.40. The van der Waals surface area contributed by atoms with Crippen LogP contribution in [0.1, 0.15) is 43.7 Å². The summed E-state index contributed by atoms with van der Waals surface area (Å²) in [5.41, 5.74) is 2.76. The molecule has 1 fully saturated rings. The van der Waals surface area contributed by atoms with E-state index in [4.69, 9.17) is 4.74 Å². The average molecular weight is 261 g/mol. The summed E-state index contributed by atoms with van der Waals surface area (Å²) in [6, 6.07) is 9.31. The molecule has 2 heteroatoms. The first-order valence-electron chi connectivity index (χ1n) is 7.70. The van der Waals surface area contributed by atoms with Gasteiger partial charge in [-0.15, -0.1) is 0 Å². The highest BCUT2D eigenvalue weighted by Crippen LogP contribution is 2.19. The number of nitrogens with one attached hydrogen (secondary N) is 1. The molecule has 0 amide bonds. The van der Waals surface area contributed by atoms with Crippen LogP contribution in [0.25, 0.3) is 0 Å². The van der Waals surface area contributed by atoms with Gasteiger partial charge in [0.1, 0.15) is 0 Å². The van der Waals surface area contributed by atoms with E-state index >= 15 is 0 Å². The molecule has 0 bridgehead atoms. The summed E-state index contributed by atoms with van der Waals surface area (Å²) in [5, 5.41) is 3.68. The third-order valence-corrected chi connectivity index (χ3v) is 3.86. The van der Waals surface area contributed by atoms with Crippen LogP contribution in [0.2, 0.25) is 0 Å². The van der Waals surface area contributed by atoms with Gasteiger partial charge in [-0.1, -0.05) is 36.8 Å². The normalized spacial score (nSPS) is 21.3. The summed E-state index contributed by atoms with van der Waals surface area (Å²) in [5.74, 6) is 0. The fourth-order valence-electron chi connectivity index (χ4n) is 2.84. The molecule has 0 radical (unpaired) electrons. The van der Waals surface area contributed by atoms with Crippen molar-refractivity contribution in [3.63, 3.8) is 0 Å². The van der Waals surface area contributed by atoms with E-state index in [1.165, 1.54) is 36.8 Å². The standard InChI is InChI=1S/C17H27NO/c1-3-10-18-16(17-9-4-5-11-19-17)13-15-8-6-7-14(2)12-15/h6-8,12,16-18H,3-5,9-11,13H2,1-2H3. The lowest BCUT2D eigenvalue weighted by Gasteiger charge is -2.31. The molecule has 1 heterocycles. The van der Waals surface area contributed by atoms with E-state index in [9.17, 15) is 0 Å². The van der Waals surface area contributed by atoms with Gasteiger partial charge in [-0.2, -0.15) is 0 Å². The van der Waals surface area contributed by atoms with Crippen LogP contribution in [0.15, 0.2) is 24.3 Å². The van der Waals surface area contributed by atoms with Crippen molar-refractivity contribution in [2.24, 2.45) is 0 Å². The Bertz CT molecular complexity index is 371. The predicted molar refractivity (Wildman–Crippen MR) is 80.6 cm³/mol. The van der Waals surface area contributed by atoms with Crippen LogP contribution in [0.3, 0.4) is 0 Å². The smallest absolute Gasteiger partial charge is 0.0731 e. The topological polar surface area (TPSA) is 21.3 Å². The summed E-state index contributed by atoms with van der Waals surface area (Å²) < 4.78 is 5.98. The van der Waals surface area contributed by atoms with Crippen molar-refractivity contribution in [3.05, 3.63) is 35.4 Å². The van der Waals surface area contributed by atoms with Gasteiger partial charge in [-0.25, -0.2) is 0 Å². The molecule has 19 heavy (non-hydrogen) atoms. The van der Waals surface area contributed by atoms with Gasteiger partial charge in [0.15, 0.2) is 0 Å². The number of hydrogen-bond acceptors (Lipinski definition) is 2. The Morgan fingerprint density at radius 3 is 2.95 bits per heavy atom. The van der Waals surface area contributed by atoms with Crippen molar-refractivity contribution < 1.29 is 4.74 Å². The molecule has 1 N–H and O–H groups in total. The number of benzene rings is 1. The SMILES string of the molecule is CCCNC(Cc1cccc(C)c1)C1CCCCO1. The molecular formula is C17H27NO. The third kappa shape index (κ3) is 4.63. The second-order valence-corrected chi connectivity index (χ2v) is 5.66. The lowest BCUT2D eigenvalue weighted by molar-refractivity contribution is -0.00737. The minimum atomic E-state index is 0.390. The van der Waals surface area contributed by atoms with Gasteiger partial charge in [0, 0.05) is 12.6 Å². The van der Waals surface area contributed by atoms with E-state index in [1.54, 1.807) is 0 Å². The molecule has 0 aromatic heterocycles. The van der Waals surface area contributed by atoms with E-state index in [2.05, 4.69) is 43.4 Å². The average Bonchev–Trinajstić information content (AvgIpc) is 2.44. The maximum absolute atomic E-state index is 5.98. The van der Waals surface area contributed by atoms with Crippen LogP contribution >= 0.6 is 0 Å². The van der Waals surface area contributed by atoms with Crippen molar-refractivity contribution in [2.75, 3.05) is 13.2 Å². The van der Waals surface area contributed by atoms with Crippen LogP contribution in [0, 0.1) is 6.92 Å². The number of hydrogen-bond donors (Lipinski definition) is 1. The highest BCUT2D eigenvalue weighted by molar-refractivity contribution is 5.23. The monoisotopic (exact) mass is 261 g/mol. The minimum Gasteiger partial charge on any atom is -0.377 e. The molecule has 0 saturated carbocycles. The van der Waals surface area contributed by atoms with Crippen LogP contribution < -0.4 is 5.32 Å². The summed E-state index contributed by atoms with van der Waals surface area (Å²) >= 11 is 0. The maximum atomic E-state index is 5.98. The fraction of sp³-hybridized carbons (Fsp3) is 0.647. The molecule has 0 aliphatic carbocycles. The zero-order valence-electron chi connectivity index (χ0n) is 12.3. The molecule has 2 unspecified atom stereocenters. The second kappa shape index (κ2) is 7.66. The lowest BCUT2D eigenvalue weighted by atomic mass is 9.95. The maximum Gasteiger partial charge on any atom is 0.0731 e. The van der Waals surface area contributed by atoms with Gasteiger partial charge in [0.25, 0.3) is 0 Å². The van der Waals surface area contributed by atoms with E-state index in [0.717, 1.165) is 19.6 Å². The molecule has 0 spiro atoms. The first kappa shape index (κ1) is 14.5. The van der Waals surface area contributed by atoms with Gasteiger partial charge < -0.3 is 10.1 Å². The van der Waals surface area contributed by atoms with Gasteiger partial charge >= 0.3 is 0 Å². The second-order valence-electron chi connectivity index (χ2n) is 5.66. The van der Waals surface area contributed by atoms with E-state index in [1.807, 2.05) is 0 Å². The van der Waals surface area contributed by atoms with E-state index < -0.39 is 0 Å². The van der Waals surface area contributed by atoms with Crippen molar-refractivity contribution in [1.82, 2.24) is 5.32 Å². The number of aryl methyl sites for hydroxylation is 1. The molecule has 1 aromatic carbocycles. The Labute approximate surface area is 117 Å². The van der Waals surface area contributed by atoms with Crippen LogP contribution in [0.4, 0.5) is 0 Å². The zero-order chi connectivity index (χ0) is 13.5. The van der Waals surface area contributed by atoms with Crippen LogP contribution in [0.5, 0.6) is 0 Å². The van der Waals surface area contributed by atoms with E-state index in [0.29, 0.717) is 12.1 Å². The largest absolute Gasteiger partial charge is 0.377 e. The quantitative estimate of drug-likeness (QED) is 0.846. The summed E-state index contributed by atoms with van der Waals surface area (Å²) in [6.07, 6.45) is 6.38. The molecule has 1 aromatic rings. The highest BCUT2D eigenvalue weighted by atomic mass is 16.5. The van der Waals surface area contributed by atoms with Crippen LogP contribution in [-0.2, 0) is 11.2 Å². The Morgan fingerprint density at radius 2 is 2.26 bits per heavy atom. The molecular weight excluding hydrogens is 234 g/mol. The molecule has 106 valence electrons. The summed E-state index contributed by atoms with van der Waals surface area (Å²) in [7, 11) is 0. The molecule has 2 atom stereocenters. The number of ether oxygens (including phenoxy) is 1. The first-order chi connectivity index (χ1) is 9.29. The van der Waals surface area contributed by atoms with E-state index in [-0.39, 0.29) is 0 Å². The molecule has 1 aliphatic rings. The fourth-order valence-corrected chi connectivity index (χ4v) is 2.84.